The Morgan fingerprint density at radius 3 is 2.67 bits per heavy atom. The molecule has 4 rings (SSSR count). The molecule has 2 fully saturated rings. The molecule has 0 radical (unpaired) electrons. The van der Waals surface area contributed by atoms with Gasteiger partial charge in [0.2, 0.25) is 0 Å². The zero-order valence-corrected chi connectivity index (χ0v) is 20.3. The Bertz CT molecular complexity index is 984. The van der Waals surface area contributed by atoms with E-state index in [2.05, 4.69) is 6.58 Å². The number of aliphatic hydroxyl groups excluding tert-OH is 1. The van der Waals surface area contributed by atoms with Gasteiger partial charge in [-0.15, -0.1) is 30.1 Å². The number of thioether (sulfide) groups is 2. The highest BCUT2D eigenvalue weighted by Gasteiger charge is 2.68. The second-order valence-corrected chi connectivity index (χ2v) is 10.3. The number of benzene rings is 1. The smallest absolute Gasteiger partial charge is 0.262 e. The summed E-state index contributed by atoms with van der Waals surface area (Å²) < 4.78 is 11.1. The summed E-state index contributed by atoms with van der Waals surface area (Å²) in [5.41, 5.74) is 1.64. The van der Waals surface area contributed by atoms with Crippen LogP contribution < -0.4 is 0 Å². The van der Waals surface area contributed by atoms with Crippen LogP contribution in [0.3, 0.4) is 0 Å². The number of carbonyl (C=O) groups excluding carboxylic acids is 2. The molecule has 33 heavy (non-hydrogen) atoms. The maximum absolute atomic E-state index is 14.4. The average Bonchev–Trinajstić information content (AvgIpc) is 3.08. The van der Waals surface area contributed by atoms with E-state index in [1.54, 1.807) is 22.1 Å². The molecule has 9 heteroatoms. The molecule has 1 aromatic rings. The summed E-state index contributed by atoms with van der Waals surface area (Å²) in [7, 11) is 0. The summed E-state index contributed by atoms with van der Waals surface area (Å²) in [6.45, 7) is 3.90. The number of piperazine rings is 1. The lowest BCUT2D eigenvalue weighted by molar-refractivity contribution is -0.173. The van der Waals surface area contributed by atoms with Gasteiger partial charge in [-0.25, -0.2) is 0 Å². The Hall–Kier alpha value is -2.20. The predicted octanol–water partition coefficient (Wildman–Crippen LogP) is 2.74. The third-order valence-electron chi connectivity index (χ3n) is 6.37. The predicted molar refractivity (Wildman–Crippen MR) is 130 cm³/mol. The molecule has 0 unspecified atom stereocenters. The van der Waals surface area contributed by atoms with Crippen LogP contribution in [0.5, 0.6) is 0 Å². The van der Waals surface area contributed by atoms with Gasteiger partial charge in [0, 0.05) is 12.8 Å². The van der Waals surface area contributed by atoms with Crippen molar-refractivity contribution in [3.63, 3.8) is 0 Å². The molecule has 3 heterocycles. The molecule has 176 valence electrons. The highest BCUT2D eigenvalue weighted by atomic mass is 32.2. The van der Waals surface area contributed by atoms with Crippen LogP contribution in [-0.2, 0) is 25.5 Å². The van der Waals surface area contributed by atoms with E-state index in [4.69, 9.17) is 9.47 Å². The summed E-state index contributed by atoms with van der Waals surface area (Å²) in [5.74, 6) is -0.438. The van der Waals surface area contributed by atoms with E-state index in [9.17, 15) is 14.7 Å². The van der Waals surface area contributed by atoms with Crippen LogP contribution in [0.4, 0.5) is 0 Å². The van der Waals surface area contributed by atoms with Crippen molar-refractivity contribution in [1.29, 1.82) is 0 Å². The van der Waals surface area contributed by atoms with Crippen molar-refractivity contribution in [2.75, 3.05) is 25.8 Å². The SMILES string of the molecule is C=CCOCN1C(=O)[C@]2(SC)CC3=COC=C[C@H](O)[C@H]3N2C(=O)[C@@]1(Cc1ccccc1)SC. The lowest BCUT2D eigenvalue weighted by atomic mass is 9.97. The summed E-state index contributed by atoms with van der Waals surface area (Å²) in [5, 5.41) is 10.9. The van der Waals surface area contributed by atoms with Gasteiger partial charge in [-0.05, 0) is 29.7 Å². The van der Waals surface area contributed by atoms with Gasteiger partial charge >= 0.3 is 0 Å². The topological polar surface area (TPSA) is 79.3 Å². The maximum atomic E-state index is 14.4. The third-order valence-corrected chi connectivity index (χ3v) is 8.78. The zero-order valence-electron chi connectivity index (χ0n) is 18.7. The fourth-order valence-corrected chi connectivity index (χ4v) is 6.74. The van der Waals surface area contributed by atoms with Crippen molar-refractivity contribution < 1.29 is 24.2 Å². The number of aliphatic hydroxyl groups is 1. The fourth-order valence-electron chi connectivity index (χ4n) is 4.81. The normalized spacial score (nSPS) is 30.9. The minimum absolute atomic E-state index is 0.0386. The van der Waals surface area contributed by atoms with E-state index in [1.807, 2.05) is 42.8 Å². The first-order valence-corrected chi connectivity index (χ1v) is 13.1. The van der Waals surface area contributed by atoms with Gasteiger partial charge in [0.1, 0.15) is 6.73 Å². The quantitative estimate of drug-likeness (QED) is 0.445. The van der Waals surface area contributed by atoms with E-state index < -0.39 is 21.9 Å². The van der Waals surface area contributed by atoms with Gasteiger partial charge in [-0.1, -0.05) is 36.4 Å². The third kappa shape index (κ3) is 3.80. The van der Waals surface area contributed by atoms with Crippen LogP contribution >= 0.6 is 23.5 Å². The summed E-state index contributed by atoms with van der Waals surface area (Å²) in [6, 6.07) is 8.96. The largest absolute Gasteiger partial charge is 0.473 e. The van der Waals surface area contributed by atoms with Crippen LogP contribution in [-0.4, -0.2) is 74.5 Å². The summed E-state index contributed by atoms with van der Waals surface area (Å²) in [6.07, 6.45) is 9.34. The minimum atomic E-state index is -1.23. The van der Waals surface area contributed by atoms with Crippen molar-refractivity contribution in [2.45, 2.75) is 34.7 Å². The molecule has 0 saturated carbocycles. The summed E-state index contributed by atoms with van der Waals surface area (Å²) >= 11 is 2.63. The van der Waals surface area contributed by atoms with Crippen molar-refractivity contribution in [1.82, 2.24) is 9.80 Å². The van der Waals surface area contributed by atoms with Crippen LogP contribution in [0.2, 0.25) is 0 Å². The van der Waals surface area contributed by atoms with E-state index in [1.165, 1.54) is 35.9 Å². The Balaban J connectivity index is 1.86. The lowest BCUT2D eigenvalue weighted by Gasteiger charge is -2.55. The number of hydrogen-bond acceptors (Lipinski definition) is 7. The number of nitrogens with zero attached hydrogens (tertiary/aromatic N) is 2. The molecule has 0 aliphatic carbocycles. The molecule has 0 bridgehead atoms. The Morgan fingerprint density at radius 2 is 2.00 bits per heavy atom. The Morgan fingerprint density at radius 1 is 1.24 bits per heavy atom. The fraction of sp³-hybridized carbons (Fsp3) is 0.417. The number of hydrogen-bond donors (Lipinski definition) is 1. The second-order valence-electron chi connectivity index (χ2n) is 8.11. The molecule has 3 aliphatic heterocycles. The van der Waals surface area contributed by atoms with Crippen LogP contribution in [0.15, 0.2) is 67.2 Å². The molecular weight excluding hydrogens is 460 g/mol. The van der Waals surface area contributed by atoms with Crippen molar-refractivity contribution in [3.8, 4) is 0 Å². The molecule has 1 aromatic carbocycles. The first-order valence-electron chi connectivity index (χ1n) is 10.6. The number of amides is 2. The van der Waals surface area contributed by atoms with E-state index in [0.29, 0.717) is 12.0 Å². The van der Waals surface area contributed by atoms with Gasteiger partial charge in [-0.2, -0.15) is 0 Å². The highest BCUT2D eigenvalue weighted by Crippen LogP contribution is 2.54. The number of carbonyl (C=O) groups is 2. The van der Waals surface area contributed by atoms with Gasteiger partial charge in [-0.3, -0.25) is 14.5 Å². The van der Waals surface area contributed by atoms with E-state index in [-0.39, 0.29) is 31.6 Å². The van der Waals surface area contributed by atoms with Gasteiger partial charge in [0.25, 0.3) is 11.8 Å². The molecule has 4 atom stereocenters. The minimum Gasteiger partial charge on any atom is -0.473 e. The van der Waals surface area contributed by atoms with Crippen LogP contribution in [0, 0.1) is 0 Å². The summed E-state index contributed by atoms with van der Waals surface area (Å²) in [4.78, 5) is 29.4. The monoisotopic (exact) mass is 488 g/mol. The van der Waals surface area contributed by atoms with Crippen molar-refractivity contribution in [3.05, 3.63) is 72.7 Å². The van der Waals surface area contributed by atoms with Crippen LogP contribution in [0.1, 0.15) is 12.0 Å². The van der Waals surface area contributed by atoms with Crippen molar-refractivity contribution >= 4 is 35.3 Å². The molecule has 7 nitrogen and oxygen atoms in total. The van der Waals surface area contributed by atoms with E-state index >= 15 is 0 Å². The molecular formula is C24H28N2O5S2. The van der Waals surface area contributed by atoms with E-state index in [0.717, 1.165) is 5.56 Å². The lowest BCUT2D eigenvalue weighted by Crippen LogP contribution is -2.75. The maximum Gasteiger partial charge on any atom is 0.262 e. The standard InChI is InChI=1S/C24H28N2O5S2/c1-4-11-31-16-25-21(28)24(33-3)14-18-15-30-12-10-19(27)20(18)26(24)22(29)23(25,32-2)13-17-8-6-5-7-9-17/h4-10,12,15,19-20,27H,1,11,13-14,16H2,2-3H3/t19-,20-,23+,24+/m0/s1. The number of ether oxygens (including phenoxy) is 2. The number of rotatable bonds is 8. The van der Waals surface area contributed by atoms with Gasteiger partial charge < -0.3 is 19.5 Å². The first kappa shape index (κ1) is 23.9. The highest BCUT2D eigenvalue weighted by molar-refractivity contribution is 8.01. The van der Waals surface area contributed by atoms with Gasteiger partial charge in [0.15, 0.2) is 9.74 Å². The Labute approximate surface area is 202 Å². The van der Waals surface area contributed by atoms with Gasteiger partial charge in [0.05, 0.1) is 31.3 Å². The molecule has 2 saturated heterocycles. The van der Waals surface area contributed by atoms with Crippen LogP contribution in [0.25, 0.3) is 0 Å². The molecule has 0 aromatic heterocycles. The molecule has 3 aliphatic rings. The molecule has 0 spiro atoms. The molecule has 1 N–H and O–H groups in total. The average molecular weight is 489 g/mol. The molecule has 2 amide bonds. The number of fused-ring (bicyclic) bond motifs is 3. The second kappa shape index (κ2) is 9.58. The Kier molecular flexibility index (Phi) is 6.95. The van der Waals surface area contributed by atoms with Crippen molar-refractivity contribution in [2.24, 2.45) is 0 Å². The first-order chi connectivity index (χ1) is 15.9. The zero-order chi connectivity index (χ0) is 23.6.